The molecule has 0 saturated carbocycles. The molecule has 2 aromatic carbocycles. The molecule has 3 aliphatic heterocycles. The average molecular weight is 567 g/mol. The summed E-state index contributed by atoms with van der Waals surface area (Å²) in [6, 6.07) is 12.2. The Morgan fingerprint density at radius 1 is 0.875 bits per heavy atom. The van der Waals surface area contributed by atoms with Crippen LogP contribution in [-0.4, -0.2) is 71.6 Å². The number of ether oxygens (including phenoxy) is 1. The van der Waals surface area contributed by atoms with Gasteiger partial charge in [-0.15, -0.1) is 0 Å². The van der Waals surface area contributed by atoms with Crippen LogP contribution in [0.2, 0.25) is 0 Å². The fourth-order valence-electron chi connectivity index (χ4n) is 5.91. The van der Waals surface area contributed by atoms with Crippen LogP contribution in [0.15, 0.2) is 42.5 Å². The van der Waals surface area contributed by atoms with E-state index in [4.69, 9.17) is 17.0 Å². The molecule has 40 heavy (non-hydrogen) atoms. The van der Waals surface area contributed by atoms with Gasteiger partial charge in [0, 0.05) is 44.0 Å². The zero-order valence-electron chi connectivity index (χ0n) is 23.5. The Labute approximate surface area is 241 Å². The Hall–Kier alpha value is -3.04. The van der Waals surface area contributed by atoms with Crippen molar-refractivity contribution in [2.45, 2.75) is 64.5 Å². The lowest BCUT2D eigenvalue weighted by molar-refractivity contribution is -0.123. The summed E-state index contributed by atoms with van der Waals surface area (Å²) < 4.78 is 18.6. The maximum Gasteiger partial charge on any atom is 0.338 e. The Kier molecular flexibility index (Phi) is 8.71. The predicted octanol–water partition coefficient (Wildman–Crippen LogP) is 5.37. The minimum atomic E-state index is -0.707. The zero-order chi connectivity index (χ0) is 28.3. The molecule has 0 N–H and O–H groups in total. The van der Waals surface area contributed by atoms with E-state index in [1.54, 1.807) is 29.2 Å². The number of cyclic esters (lactones) is 1. The number of carbonyl (C=O) groups excluding carboxylic acids is 2. The van der Waals surface area contributed by atoms with Crippen molar-refractivity contribution in [1.82, 2.24) is 9.80 Å². The second kappa shape index (κ2) is 12.2. The number of fused-ring (bicyclic) bond motifs is 1. The van der Waals surface area contributed by atoms with Gasteiger partial charge < -0.3 is 14.5 Å². The molecule has 0 radical (unpaired) electrons. The first kappa shape index (κ1) is 28.5. The lowest BCUT2D eigenvalue weighted by Crippen LogP contribution is -2.46. The van der Waals surface area contributed by atoms with Gasteiger partial charge in [0.2, 0.25) is 0 Å². The highest BCUT2D eigenvalue weighted by Crippen LogP contribution is 2.34. The topological polar surface area (TPSA) is 56.3 Å². The highest BCUT2D eigenvalue weighted by Gasteiger charge is 2.49. The molecule has 5 rings (SSSR count). The van der Waals surface area contributed by atoms with Crippen molar-refractivity contribution in [3.63, 3.8) is 0 Å². The Bertz CT molecular complexity index is 1260. The minimum Gasteiger partial charge on any atom is -0.457 e. The Balaban J connectivity index is 0.993. The molecule has 0 unspecified atom stereocenters. The Morgan fingerprint density at radius 3 is 2.30 bits per heavy atom. The van der Waals surface area contributed by atoms with Crippen LogP contribution in [0.4, 0.5) is 15.8 Å². The summed E-state index contributed by atoms with van der Waals surface area (Å²) in [4.78, 5) is 33.6. The highest BCUT2D eigenvalue weighted by molar-refractivity contribution is 7.80. The molecular weight excluding hydrogens is 527 g/mol. The third-order valence-electron chi connectivity index (χ3n) is 8.40. The summed E-state index contributed by atoms with van der Waals surface area (Å²) in [5.74, 6) is -0.536. The Morgan fingerprint density at radius 2 is 1.57 bits per heavy atom. The number of benzene rings is 2. The summed E-state index contributed by atoms with van der Waals surface area (Å²) in [7, 11) is 0. The van der Waals surface area contributed by atoms with Crippen LogP contribution < -0.4 is 9.80 Å². The number of hydrogen-bond acceptors (Lipinski definition) is 6. The number of anilines is 2. The molecule has 0 atom stereocenters. The van der Waals surface area contributed by atoms with E-state index < -0.39 is 5.54 Å². The summed E-state index contributed by atoms with van der Waals surface area (Å²) in [6.45, 7) is 9.89. The van der Waals surface area contributed by atoms with Crippen molar-refractivity contribution in [2.24, 2.45) is 0 Å². The van der Waals surface area contributed by atoms with Crippen LogP contribution in [-0.2, 0) is 16.1 Å². The molecule has 2 aromatic rings. The normalized spacial score (nSPS) is 19.0. The van der Waals surface area contributed by atoms with Crippen LogP contribution in [0.3, 0.4) is 0 Å². The first-order chi connectivity index (χ1) is 19.3. The maximum absolute atomic E-state index is 13.5. The largest absolute Gasteiger partial charge is 0.457 e. The standard InChI is InChI=1S/C31H39FN4O3S/c1-31(2)29(38)36(26-12-13-27-23(20-26)22-39-28(27)37)30(40)35(31)15-8-6-4-3-5-7-14-33-16-18-34(19-17-33)25-11-9-10-24(32)21-25/h9-13,20-21H,3-8,14-19,22H2,1-2H3. The number of esters is 1. The van der Waals surface area contributed by atoms with Gasteiger partial charge in [-0.1, -0.05) is 31.7 Å². The van der Waals surface area contributed by atoms with Crippen molar-refractivity contribution in [3.05, 3.63) is 59.4 Å². The molecule has 0 aromatic heterocycles. The molecule has 0 aliphatic carbocycles. The number of piperazine rings is 1. The molecule has 3 aliphatic rings. The van der Waals surface area contributed by atoms with Gasteiger partial charge in [0.05, 0.1) is 11.3 Å². The van der Waals surface area contributed by atoms with Crippen LogP contribution in [0.25, 0.3) is 0 Å². The minimum absolute atomic E-state index is 0.0422. The number of halogens is 1. The number of hydrogen-bond donors (Lipinski definition) is 0. The van der Waals surface area contributed by atoms with E-state index in [0.29, 0.717) is 16.4 Å². The number of unbranched alkanes of at least 4 members (excludes halogenated alkanes) is 5. The molecule has 2 saturated heterocycles. The molecular formula is C31H39FN4O3S. The zero-order valence-corrected chi connectivity index (χ0v) is 24.4. The summed E-state index contributed by atoms with van der Waals surface area (Å²) >= 11 is 5.77. The van der Waals surface area contributed by atoms with Crippen molar-refractivity contribution in [3.8, 4) is 0 Å². The molecule has 3 heterocycles. The van der Waals surface area contributed by atoms with Gasteiger partial charge in [-0.2, -0.15) is 0 Å². The van der Waals surface area contributed by atoms with E-state index in [2.05, 4.69) is 9.80 Å². The number of thiocarbonyl (C=S) groups is 1. The SMILES string of the molecule is CC1(C)C(=O)N(c2ccc3c(c2)COC3=O)C(=S)N1CCCCCCCCN1CCN(c2cccc(F)c2)CC1. The predicted molar refractivity (Wildman–Crippen MR) is 159 cm³/mol. The molecule has 9 heteroatoms. The van der Waals surface area contributed by atoms with E-state index in [9.17, 15) is 14.0 Å². The van der Waals surface area contributed by atoms with Crippen LogP contribution in [0, 0.1) is 5.82 Å². The second-order valence-electron chi connectivity index (χ2n) is 11.5. The van der Waals surface area contributed by atoms with Gasteiger partial charge >= 0.3 is 5.97 Å². The van der Waals surface area contributed by atoms with Crippen molar-refractivity contribution < 1.29 is 18.7 Å². The quantitative estimate of drug-likeness (QED) is 0.206. The van der Waals surface area contributed by atoms with E-state index in [-0.39, 0.29) is 24.3 Å². The molecule has 7 nitrogen and oxygen atoms in total. The van der Waals surface area contributed by atoms with Crippen molar-refractivity contribution in [1.29, 1.82) is 0 Å². The molecule has 0 spiro atoms. The highest BCUT2D eigenvalue weighted by atomic mass is 32.1. The monoisotopic (exact) mass is 566 g/mol. The number of nitrogens with zero attached hydrogens (tertiary/aromatic N) is 4. The number of carbonyl (C=O) groups is 2. The third-order valence-corrected chi connectivity index (χ3v) is 8.80. The van der Waals surface area contributed by atoms with E-state index in [1.807, 2.05) is 30.9 Å². The van der Waals surface area contributed by atoms with Gasteiger partial charge in [0.1, 0.15) is 18.0 Å². The number of amides is 1. The number of rotatable bonds is 11. The third kappa shape index (κ3) is 6.00. The molecule has 214 valence electrons. The molecule has 1 amide bonds. The summed E-state index contributed by atoms with van der Waals surface area (Å²) in [5.41, 5.74) is 2.31. The second-order valence-corrected chi connectivity index (χ2v) is 11.8. The van der Waals surface area contributed by atoms with Gasteiger partial charge in [-0.25, -0.2) is 9.18 Å². The maximum atomic E-state index is 13.5. The summed E-state index contributed by atoms with van der Waals surface area (Å²) in [5, 5.41) is 0.526. The van der Waals surface area contributed by atoms with Crippen LogP contribution in [0.5, 0.6) is 0 Å². The van der Waals surface area contributed by atoms with Gasteiger partial charge in [0.25, 0.3) is 5.91 Å². The lowest BCUT2D eigenvalue weighted by atomic mass is 10.0. The van der Waals surface area contributed by atoms with Crippen molar-refractivity contribution in [2.75, 3.05) is 49.1 Å². The fraction of sp³-hybridized carbons (Fsp3) is 0.516. The van der Waals surface area contributed by atoms with E-state index in [1.165, 1.54) is 31.7 Å². The van der Waals surface area contributed by atoms with E-state index in [0.717, 1.165) is 63.4 Å². The fourth-order valence-corrected chi connectivity index (χ4v) is 6.42. The van der Waals surface area contributed by atoms with Crippen LogP contribution >= 0.6 is 12.2 Å². The lowest BCUT2D eigenvalue weighted by Gasteiger charge is -2.36. The first-order valence-electron chi connectivity index (χ1n) is 14.4. The average Bonchev–Trinajstić information content (AvgIpc) is 3.39. The van der Waals surface area contributed by atoms with Gasteiger partial charge in [0.15, 0.2) is 5.11 Å². The van der Waals surface area contributed by atoms with Gasteiger partial charge in [-0.05, 0) is 81.8 Å². The summed E-state index contributed by atoms with van der Waals surface area (Å²) in [6.07, 6.45) is 6.88. The van der Waals surface area contributed by atoms with Gasteiger partial charge in [-0.3, -0.25) is 14.6 Å². The van der Waals surface area contributed by atoms with E-state index >= 15 is 0 Å². The molecule has 0 bridgehead atoms. The smallest absolute Gasteiger partial charge is 0.338 e. The van der Waals surface area contributed by atoms with Crippen molar-refractivity contribution >= 4 is 40.6 Å². The van der Waals surface area contributed by atoms with Crippen LogP contribution in [0.1, 0.15) is 68.3 Å². The molecule has 2 fully saturated rings. The first-order valence-corrected chi connectivity index (χ1v) is 14.9.